The van der Waals surface area contributed by atoms with Crippen molar-refractivity contribution in [3.8, 4) is 0 Å². The SMILES string of the molecule is CCCNC(Cc1nccn1CCC)c1cscc1C. The summed E-state index contributed by atoms with van der Waals surface area (Å²) in [7, 11) is 0. The van der Waals surface area contributed by atoms with Crippen LogP contribution in [0, 0.1) is 6.92 Å². The lowest BCUT2D eigenvalue weighted by atomic mass is 10.0. The second-order valence-electron chi connectivity index (χ2n) is 5.26. The first-order chi connectivity index (χ1) is 9.76. The number of nitrogens with one attached hydrogen (secondary N) is 1. The lowest BCUT2D eigenvalue weighted by Gasteiger charge is -2.19. The summed E-state index contributed by atoms with van der Waals surface area (Å²) in [6, 6.07) is 0.374. The molecule has 2 heterocycles. The third-order valence-corrected chi connectivity index (χ3v) is 4.44. The molecule has 0 aliphatic rings. The van der Waals surface area contributed by atoms with Crippen LogP contribution in [0.15, 0.2) is 23.2 Å². The Hall–Kier alpha value is -1.13. The summed E-state index contributed by atoms with van der Waals surface area (Å²) in [5, 5.41) is 8.18. The number of rotatable bonds is 8. The maximum absolute atomic E-state index is 4.55. The van der Waals surface area contributed by atoms with Gasteiger partial charge in [0.15, 0.2) is 0 Å². The molecule has 3 nitrogen and oxygen atoms in total. The Morgan fingerprint density at radius 3 is 2.80 bits per heavy atom. The Morgan fingerprint density at radius 2 is 2.15 bits per heavy atom. The molecule has 0 saturated carbocycles. The molecule has 0 amide bonds. The van der Waals surface area contributed by atoms with Gasteiger partial charge in [-0.15, -0.1) is 0 Å². The van der Waals surface area contributed by atoms with Crippen LogP contribution in [0.5, 0.6) is 0 Å². The fourth-order valence-electron chi connectivity index (χ4n) is 2.50. The lowest BCUT2D eigenvalue weighted by molar-refractivity contribution is 0.501. The Morgan fingerprint density at radius 1 is 1.30 bits per heavy atom. The molecule has 0 aliphatic heterocycles. The molecule has 2 aromatic rings. The van der Waals surface area contributed by atoms with Crippen LogP contribution in [-0.4, -0.2) is 16.1 Å². The first kappa shape index (κ1) is 15.3. The van der Waals surface area contributed by atoms with Crippen molar-refractivity contribution in [1.29, 1.82) is 0 Å². The Kier molecular flexibility index (Phi) is 5.80. The minimum absolute atomic E-state index is 0.374. The highest BCUT2D eigenvalue weighted by molar-refractivity contribution is 7.08. The van der Waals surface area contributed by atoms with E-state index in [1.54, 1.807) is 11.3 Å². The molecule has 0 aromatic carbocycles. The van der Waals surface area contributed by atoms with Crippen LogP contribution in [-0.2, 0) is 13.0 Å². The zero-order chi connectivity index (χ0) is 14.4. The molecular weight excluding hydrogens is 266 g/mol. The topological polar surface area (TPSA) is 29.9 Å². The number of imidazole rings is 1. The van der Waals surface area contributed by atoms with Crippen molar-refractivity contribution in [2.75, 3.05) is 6.54 Å². The van der Waals surface area contributed by atoms with Gasteiger partial charge in [0.2, 0.25) is 0 Å². The average molecular weight is 291 g/mol. The normalized spacial score (nSPS) is 12.8. The molecule has 2 aromatic heterocycles. The van der Waals surface area contributed by atoms with Crippen LogP contribution in [0.2, 0.25) is 0 Å². The van der Waals surface area contributed by atoms with Crippen molar-refractivity contribution in [3.05, 3.63) is 40.1 Å². The van der Waals surface area contributed by atoms with E-state index in [4.69, 9.17) is 0 Å². The number of thiophene rings is 1. The molecule has 0 bridgehead atoms. The van der Waals surface area contributed by atoms with Gasteiger partial charge in [0, 0.05) is 31.4 Å². The molecule has 110 valence electrons. The van der Waals surface area contributed by atoms with Gasteiger partial charge in [-0.25, -0.2) is 4.98 Å². The van der Waals surface area contributed by atoms with Gasteiger partial charge in [-0.1, -0.05) is 13.8 Å². The molecule has 0 radical (unpaired) electrons. The number of hydrogen-bond donors (Lipinski definition) is 1. The van der Waals surface area contributed by atoms with Gasteiger partial charge in [0.25, 0.3) is 0 Å². The highest BCUT2D eigenvalue weighted by Gasteiger charge is 2.17. The summed E-state index contributed by atoms with van der Waals surface area (Å²) in [4.78, 5) is 4.55. The molecular formula is C16H25N3S. The molecule has 20 heavy (non-hydrogen) atoms. The van der Waals surface area contributed by atoms with Crippen molar-refractivity contribution >= 4 is 11.3 Å². The predicted molar refractivity (Wildman–Crippen MR) is 86.3 cm³/mol. The van der Waals surface area contributed by atoms with Gasteiger partial charge >= 0.3 is 0 Å². The molecule has 0 aliphatic carbocycles. The van der Waals surface area contributed by atoms with E-state index in [0.717, 1.165) is 32.4 Å². The van der Waals surface area contributed by atoms with Crippen molar-refractivity contribution in [1.82, 2.24) is 14.9 Å². The minimum Gasteiger partial charge on any atom is -0.335 e. The van der Waals surface area contributed by atoms with E-state index in [9.17, 15) is 0 Å². The molecule has 0 saturated heterocycles. The summed E-state index contributed by atoms with van der Waals surface area (Å²) >= 11 is 1.79. The molecule has 4 heteroatoms. The quantitative estimate of drug-likeness (QED) is 0.798. The summed E-state index contributed by atoms with van der Waals surface area (Å²) in [6.07, 6.45) is 7.28. The van der Waals surface area contributed by atoms with Crippen LogP contribution in [0.1, 0.15) is 49.7 Å². The largest absolute Gasteiger partial charge is 0.335 e. The number of aryl methyl sites for hydroxylation is 2. The fraction of sp³-hybridized carbons (Fsp3) is 0.562. The van der Waals surface area contributed by atoms with Crippen LogP contribution in [0.4, 0.5) is 0 Å². The van der Waals surface area contributed by atoms with Crippen LogP contribution in [0.25, 0.3) is 0 Å². The monoisotopic (exact) mass is 291 g/mol. The van der Waals surface area contributed by atoms with E-state index in [1.807, 2.05) is 6.20 Å². The first-order valence-electron chi connectivity index (χ1n) is 7.52. The zero-order valence-electron chi connectivity index (χ0n) is 12.7. The summed E-state index contributed by atoms with van der Waals surface area (Å²) in [5.74, 6) is 1.19. The smallest absolute Gasteiger partial charge is 0.110 e. The molecule has 1 N–H and O–H groups in total. The van der Waals surface area contributed by atoms with Crippen LogP contribution < -0.4 is 5.32 Å². The maximum atomic E-state index is 4.55. The summed E-state index contributed by atoms with van der Waals surface area (Å²) in [5.41, 5.74) is 2.81. The van der Waals surface area contributed by atoms with Crippen molar-refractivity contribution in [2.45, 2.75) is 52.6 Å². The van der Waals surface area contributed by atoms with E-state index < -0.39 is 0 Å². The third kappa shape index (κ3) is 3.70. The van der Waals surface area contributed by atoms with Crippen LogP contribution >= 0.6 is 11.3 Å². The van der Waals surface area contributed by atoms with Crippen molar-refractivity contribution < 1.29 is 0 Å². The second-order valence-corrected chi connectivity index (χ2v) is 6.00. The number of nitrogens with zero attached hydrogens (tertiary/aromatic N) is 2. The highest BCUT2D eigenvalue weighted by atomic mass is 32.1. The zero-order valence-corrected chi connectivity index (χ0v) is 13.5. The predicted octanol–water partition coefficient (Wildman–Crippen LogP) is 3.95. The van der Waals surface area contributed by atoms with Gasteiger partial charge in [-0.3, -0.25) is 0 Å². The molecule has 2 rings (SSSR count). The van der Waals surface area contributed by atoms with Gasteiger partial charge in [0.05, 0.1) is 0 Å². The standard InChI is InChI=1S/C16H25N3S/c1-4-6-17-15(14-12-20-11-13(14)3)10-16-18-7-9-19(16)8-5-2/h7,9,11-12,15,17H,4-6,8,10H2,1-3H3. The Balaban J connectivity index is 2.15. The minimum atomic E-state index is 0.374. The number of hydrogen-bond acceptors (Lipinski definition) is 3. The van der Waals surface area contributed by atoms with Crippen molar-refractivity contribution in [2.24, 2.45) is 0 Å². The lowest BCUT2D eigenvalue weighted by Crippen LogP contribution is -2.25. The third-order valence-electron chi connectivity index (χ3n) is 3.56. The molecule has 0 fully saturated rings. The van der Waals surface area contributed by atoms with E-state index in [1.165, 1.54) is 17.0 Å². The Labute approximate surface area is 126 Å². The van der Waals surface area contributed by atoms with E-state index in [-0.39, 0.29) is 0 Å². The van der Waals surface area contributed by atoms with Gasteiger partial charge in [-0.05, 0) is 48.2 Å². The molecule has 1 atom stereocenters. The van der Waals surface area contributed by atoms with Gasteiger partial charge in [0.1, 0.15) is 5.82 Å². The average Bonchev–Trinajstić information content (AvgIpc) is 3.04. The van der Waals surface area contributed by atoms with Gasteiger partial charge in [-0.2, -0.15) is 11.3 Å². The maximum Gasteiger partial charge on any atom is 0.110 e. The van der Waals surface area contributed by atoms with E-state index in [2.05, 4.69) is 52.6 Å². The van der Waals surface area contributed by atoms with Crippen molar-refractivity contribution in [3.63, 3.8) is 0 Å². The van der Waals surface area contributed by atoms with Crippen LogP contribution in [0.3, 0.4) is 0 Å². The summed E-state index contributed by atoms with van der Waals surface area (Å²) < 4.78 is 2.28. The highest BCUT2D eigenvalue weighted by Crippen LogP contribution is 2.24. The fourth-order valence-corrected chi connectivity index (χ4v) is 3.40. The second kappa shape index (κ2) is 7.60. The van der Waals surface area contributed by atoms with E-state index >= 15 is 0 Å². The first-order valence-corrected chi connectivity index (χ1v) is 8.46. The Bertz CT molecular complexity index is 515. The summed E-state index contributed by atoms with van der Waals surface area (Å²) in [6.45, 7) is 8.72. The molecule has 1 unspecified atom stereocenters. The molecule has 0 spiro atoms. The van der Waals surface area contributed by atoms with E-state index in [0.29, 0.717) is 6.04 Å². The number of aromatic nitrogens is 2. The van der Waals surface area contributed by atoms with Gasteiger partial charge < -0.3 is 9.88 Å².